The van der Waals surface area contributed by atoms with E-state index in [9.17, 15) is 9.59 Å². The van der Waals surface area contributed by atoms with Crippen molar-refractivity contribution in [3.05, 3.63) is 62.9 Å². The van der Waals surface area contributed by atoms with Gasteiger partial charge in [-0.25, -0.2) is 14.6 Å². The number of halogens is 1. The molecule has 4 heterocycles. The van der Waals surface area contributed by atoms with E-state index < -0.39 is 5.97 Å². The quantitative estimate of drug-likeness (QED) is 0.191. The number of aliphatic imine (C=N–C) groups is 1. The third-order valence-corrected chi connectivity index (χ3v) is 10.8. The Morgan fingerprint density at radius 1 is 1.17 bits per heavy atom. The highest BCUT2D eigenvalue weighted by Gasteiger charge is 2.41. The lowest BCUT2D eigenvalue weighted by Gasteiger charge is -2.48. The van der Waals surface area contributed by atoms with Crippen LogP contribution in [-0.4, -0.2) is 84.6 Å². The first-order valence-corrected chi connectivity index (χ1v) is 16.9. The maximum atomic E-state index is 12.6. The lowest BCUT2D eigenvalue weighted by atomic mass is 9.77. The van der Waals surface area contributed by atoms with Crippen molar-refractivity contribution in [3.8, 4) is 16.9 Å². The number of allylic oxidation sites excluding steroid dienone is 2. The minimum atomic E-state index is -0.428. The summed E-state index contributed by atoms with van der Waals surface area (Å²) in [5, 5.41) is 2.33. The van der Waals surface area contributed by atoms with Crippen LogP contribution in [0.1, 0.15) is 62.0 Å². The molecule has 0 saturated carbocycles. The van der Waals surface area contributed by atoms with Gasteiger partial charge in [0.15, 0.2) is 5.94 Å². The number of ether oxygens (including phenoxy) is 3. The third kappa shape index (κ3) is 6.12. The zero-order chi connectivity index (χ0) is 32.6. The number of rotatable bonds is 8. The van der Waals surface area contributed by atoms with E-state index in [2.05, 4.69) is 22.7 Å². The molecule has 11 heteroatoms. The van der Waals surface area contributed by atoms with Crippen LogP contribution in [0.15, 0.2) is 51.6 Å². The smallest absolute Gasteiger partial charge is 0.340 e. The first-order valence-electron chi connectivity index (χ1n) is 15.6. The van der Waals surface area contributed by atoms with Gasteiger partial charge in [0.2, 0.25) is 0 Å². The molecule has 1 aromatic carbocycles. The van der Waals surface area contributed by atoms with Crippen LogP contribution in [0.25, 0.3) is 21.3 Å². The minimum absolute atomic E-state index is 0.0513. The Kier molecular flexibility index (Phi) is 9.37. The molecular weight excluding hydrogens is 624 g/mol. The summed E-state index contributed by atoms with van der Waals surface area (Å²) in [6, 6.07) is 7.47. The molecule has 9 nitrogen and oxygen atoms in total. The van der Waals surface area contributed by atoms with Gasteiger partial charge in [-0.2, -0.15) is 0 Å². The topological polar surface area (TPSA) is 93.6 Å². The standard InChI is InChI=1S/C35H39ClN4O5S/c1-21-16-26(33-32(37-21)28(20-46-33)34(42)44-5)25-17-23(36)6-7-31(25)45-15-14-40-22(2)38-29-8-11-35(3,18-27(29)30(40)19-41)39-12-9-24(43-4)10-13-39/h6-7,16-17,20,24H,8-15,18H2,1-5H3. The maximum Gasteiger partial charge on any atom is 0.340 e. The summed E-state index contributed by atoms with van der Waals surface area (Å²) in [5.41, 5.74) is 5.93. The lowest BCUT2D eigenvalue weighted by Crippen LogP contribution is -2.53. The van der Waals surface area contributed by atoms with E-state index in [0.717, 1.165) is 83.8 Å². The summed E-state index contributed by atoms with van der Waals surface area (Å²) >= 11 is 7.91. The van der Waals surface area contributed by atoms with Crippen LogP contribution in [0.4, 0.5) is 0 Å². The third-order valence-electron chi connectivity index (χ3n) is 9.55. The molecule has 0 spiro atoms. The van der Waals surface area contributed by atoms with Crippen molar-refractivity contribution in [1.29, 1.82) is 0 Å². The first kappa shape index (κ1) is 32.4. The summed E-state index contributed by atoms with van der Waals surface area (Å²) in [6.07, 6.45) is 4.94. The number of carbonyl (C=O) groups excluding carboxylic acids is 2. The molecule has 2 aliphatic heterocycles. The predicted octanol–water partition coefficient (Wildman–Crippen LogP) is 6.85. The number of aromatic nitrogens is 1. The van der Waals surface area contributed by atoms with Gasteiger partial charge in [-0.15, -0.1) is 11.3 Å². The highest BCUT2D eigenvalue weighted by atomic mass is 35.5. The Hall–Kier alpha value is -3.53. The largest absolute Gasteiger partial charge is 0.491 e. The van der Waals surface area contributed by atoms with E-state index in [1.54, 1.807) is 18.6 Å². The number of thiophene rings is 1. The molecule has 3 aliphatic rings. The molecule has 1 unspecified atom stereocenters. The Bertz CT molecular complexity index is 1790. The molecule has 0 radical (unpaired) electrons. The van der Waals surface area contributed by atoms with Crippen LogP contribution < -0.4 is 4.74 Å². The number of hydrogen-bond acceptors (Lipinski definition) is 10. The van der Waals surface area contributed by atoms with E-state index in [4.69, 9.17) is 30.8 Å². The highest BCUT2D eigenvalue weighted by Crippen LogP contribution is 2.44. The molecule has 1 aliphatic carbocycles. The van der Waals surface area contributed by atoms with Crippen molar-refractivity contribution in [2.24, 2.45) is 4.99 Å². The van der Waals surface area contributed by atoms with E-state index in [-0.39, 0.29) is 5.54 Å². The second kappa shape index (κ2) is 13.3. The number of amidine groups is 1. The molecule has 0 bridgehead atoms. The van der Waals surface area contributed by atoms with E-state index in [1.165, 1.54) is 18.4 Å². The van der Waals surface area contributed by atoms with Crippen LogP contribution in [0, 0.1) is 6.92 Å². The molecule has 0 N–H and O–H groups in total. The Labute approximate surface area is 278 Å². The zero-order valence-corrected chi connectivity index (χ0v) is 28.5. The van der Waals surface area contributed by atoms with Gasteiger partial charge in [-0.05, 0) is 77.1 Å². The molecule has 1 atom stereocenters. The molecule has 0 amide bonds. The Balaban J connectivity index is 1.22. The fourth-order valence-electron chi connectivity index (χ4n) is 7.00. The number of aryl methyl sites for hydroxylation is 1. The van der Waals surface area contributed by atoms with E-state index >= 15 is 0 Å². The first-order chi connectivity index (χ1) is 22.1. The van der Waals surface area contributed by atoms with Crippen LogP contribution in [-0.2, 0) is 14.3 Å². The number of likely N-dealkylation sites (tertiary alicyclic amines) is 1. The van der Waals surface area contributed by atoms with Gasteiger partial charge < -0.3 is 19.1 Å². The molecule has 1 fully saturated rings. The molecule has 242 valence electrons. The van der Waals surface area contributed by atoms with E-state index in [1.807, 2.05) is 36.9 Å². The minimum Gasteiger partial charge on any atom is -0.491 e. The number of pyridine rings is 1. The van der Waals surface area contributed by atoms with Gasteiger partial charge >= 0.3 is 5.97 Å². The number of piperidine rings is 1. The summed E-state index contributed by atoms with van der Waals surface area (Å²) in [6.45, 7) is 8.82. The number of fused-ring (bicyclic) bond motifs is 1. The van der Waals surface area contributed by atoms with Crippen molar-refractivity contribution >= 4 is 50.9 Å². The van der Waals surface area contributed by atoms with Gasteiger partial charge in [-0.3, -0.25) is 9.88 Å². The van der Waals surface area contributed by atoms with Crippen molar-refractivity contribution in [2.75, 3.05) is 40.5 Å². The number of methoxy groups -OCH3 is 2. The summed E-state index contributed by atoms with van der Waals surface area (Å²) in [5.74, 6) is 3.25. The Morgan fingerprint density at radius 3 is 2.67 bits per heavy atom. The van der Waals surface area contributed by atoms with Crippen molar-refractivity contribution < 1.29 is 23.8 Å². The summed E-state index contributed by atoms with van der Waals surface area (Å²) < 4.78 is 17.8. The zero-order valence-electron chi connectivity index (χ0n) is 26.9. The highest BCUT2D eigenvalue weighted by molar-refractivity contribution is 7.18. The fraction of sp³-hybridized carbons (Fsp3) is 0.457. The lowest BCUT2D eigenvalue weighted by molar-refractivity contribution is -0.00370. The number of nitrogens with zero attached hydrogens (tertiary/aromatic N) is 4. The van der Waals surface area contributed by atoms with Gasteiger partial charge in [-0.1, -0.05) is 11.6 Å². The number of esters is 1. The van der Waals surface area contributed by atoms with Crippen LogP contribution in [0.2, 0.25) is 5.02 Å². The van der Waals surface area contributed by atoms with Crippen LogP contribution in [0.5, 0.6) is 5.75 Å². The van der Waals surface area contributed by atoms with Crippen molar-refractivity contribution in [2.45, 2.75) is 64.5 Å². The molecule has 3 aromatic rings. The normalized spacial score (nSPS) is 20.9. The van der Waals surface area contributed by atoms with Gasteiger partial charge in [0.05, 0.1) is 35.5 Å². The van der Waals surface area contributed by atoms with Gasteiger partial charge in [0.1, 0.15) is 23.9 Å². The molecular formula is C35H39ClN4O5S. The van der Waals surface area contributed by atoms with Crippen LogP contribution in [0.3, 0.4) is 0 Å². The van der Waals surface area contributed by atoms with Crippen LogP contribution >= 0.6 is 22.9 Å². The monoisotopic (exact) mass is 662 g/mol. The van der Waals surface area contributed by atoms with Gasteiger partial charge in [0.25, 0.3) is 0 Å². The van der Waals surface area contributed by atoms with Gasteiger partial charge in [0, 0.05) is 64.2 Å². The average Bonchev–Trinajstić information content (AvgIpc) is 3.49. The summed E-state index contributed by atoms with van der Waals surface area (Å²) in [7, 11) is 3.15. The maximum absolute atomic E-state index is 12.6. The Morgan fingerprint density at radius 2 is 1.96 bits per heavy atom. The second-order valence-corrected chi connectivity index (χ2v) is 13.7. The second-order valence-electron chi connectivity index (χ2n) is 12.4. The average molecular weight is 663 g/mol. The molecule has 2 aromatic heterocycles. The number of carbonyl (C=O) groups is 1. The van der Waals surface area contributed by atoms with Crippen molar-refractivity contribution in [3.63, 3.8) is 0 Å². The number of hydrogen-bond donors (Lipinski definition) is 0. The summed E-state index contributed by atoms with van der Waals surface area (Å²) in [4.78, 5) is 39.1. The van der Waals surface area contributed by atoms with E-state index in [0.29, 0.717) is 46.8 Å². The fourth-order valence-corrected chi connectivity index (χ4v) is 8.18. The SMILES string of the molecule is COC(=O)c1csc2c(-c3cc(Cl)ccc3OCCN3C(=C=O)C4=C(CCC(C)(N5CCC(OC)CC5)C4)N=C3C)cc(C)nc12. The molecule has 6 rings (SSSR count). The van der Waals surface area contributed by atoms with Crippen molar-refractivity contribution in [1.82, 2.24) is 14.8 Å². The number of benzene rings is 1. The molecule has 46 heavy (non-hydrogen) atoms. The molecule has 1 saturated heterocycles. The predicted molar refractivity (Wildman–Crippen MR) is 182 cm³/mol.